The first-order valence-corrected chi connectivity index (χ1v) is 6.05. The van der Waals surface area contributed by atoms with Crippen LogP contribution in [-0.4, -0.2) is 18.0 Å². The van der Waals surface area contributed by atoms with Gasteiger partial charge >= 0.3 is 0 Å². The number of methoxy groups -OCH3 is 1. The molecule has 0 radical (unpaired) electrons. The third kappa shape index (κ3) is 3.03. The van der Waals surface area contributed by atoms with E-state index in [1.807, 2.05) is 6.92 Å². The van der Waals surface area contributed by atoms with Crippen LogP contribution in [0.25, 0.3) is 0 Å². The van der Waals surface area contributed by atoms with Crippen LogP contribution in [0.2, 0.25) is 5.02 Å². The highest BCUT2D eigenvalue weighted by Crippen LogP contribution is 2.27. The van der Waals surface area contributed by atoms with Crippen molar-refractivity contribution < 1.29 is 9.53 Å². The molecule has 0 aliphatic carbocycles. The summed E-state index contributed by atoms with van der Waals surface area (Å²) in [5.74, 6) is 0.351. The maximum Gasteiger partial charge on any atom is 0.257 e. The van der Waals surface area contributed by atoms with Crippen LogP contribution in [0, 0.1) is 6.92 Å². The summed E-state index contributed by atoms with van der Waals surface area (Å²) < 4.78 is 5.05. The third-order valence-electron chi connectivity index (χ3n) is 2.69. The number of nitrogens with zero attached hydrogens (tertiary/aromatic N) is 1. The van der Waals surface area contributed by atoms with Crippen molar-refractivity contribution in [2.45, 2.75) is 6.92 Å². The molecule has 98 valence electrons. The highest BCUT2D eigenvalue weighted by molar-refractivity contribution is 6.32. The van der Waals surface area contributed by atoms with Gasteiger partial charge in [-0.1, -0.05) is 11.6 Å². The maximum absolute atomic E-state index is 12.1. The standard InChI is InChI=1S/C14H13ClN2O2/c1-9-5-6-16-8-11(9)14(18)17-10-3-4-13(19-2)12(15)7-10/h3-8H,1-2H3,(H,17,18). The zero-order chi connectivity index (χ0) is 13.8. The smallest absolute Gasteiger partial charge is 0.257 e. The molecule has 0 unspecified atom stereocenters. The summed E-state index contributed by atoms with van der Waals surface area (Å²) in [4.78, 5) is 16.0. The first-order chi connectivity index (χ1) is 9.11. The lowest BCUT2D eigenvalue weighted by atomic mass is 10.1. The zero-order valence-electron chi connectivity index (χ0n) is 10.6. The minimum atomic E-state index is -0.216. The Morgan fingerprint density at radius 3 is 2.79 bits per heavy atom. The second-order valence-electron chi connectivity index (χ2n) is 3.99. The molecule has 0 bridgehead atoms. The van der Waals surface area contributed by atoms with Gasteiger partial charge in [0.25, 0.3) is 5.91 Å². The molecule has 0 atom stereocenters. The molecule has 0 fully saturated rings. The Morgan fingerprint density at radius 2 is 2.16 bits per heavy atom. The first-order valence-electron chi connectivity index (χ1n) is 5.67. The number of carbonyl (C=O) groups is 1. The number of amides is 1. The number of rotatable bonds is 3. The summed E-state index contributed by atoms with van der Waals surface area (Å²) in [6.07, 6.45) is 3.19. The lowest BCUT2D eigenvalue weighted by Crippen LogP contribution is -2.13. The van der Waals surface area contributed by atoms with Gasteiger partial charge in [-0.3, -0.25) is 9.78 Å². The van der Waals surface area contributed by atoms with E-state index in [2.05, 4.69) is 10.3 Å². The Hall–Kier alpha value is -2.07. The van der Waals surface area contributed by atoms with E-state index >= 15 is 0 Å². The minimum absolute atomic E-state index is 0.216. The Morgan fingerprint density at radius 1 is 1.37 bits per heavy atom. The van der Waals surface area contributed by atoms with Gasteiger partial charge in [-0.25, -0.2) is 0 Å². The van der Waals surface area contributed by atoms with Gasteiger partial charge in [0.15, 0.2) is 0 Å². The van der Waals surface area contributed by atoms with Crippen molar-refractivity contribution in [2.24, 2.45) is 0 Å². The summed E-state index contributed by atoms with van der Waals surface area (Å²) >= 11 is 6.00. The van der Waals surface area contributed by atoms with Gasteiger partial charge in [0, 0.05) is 18.1 Å². The van der Waals surface area contributed by atoms with E-state index in [1.54, 1.807) is 37.6 Å². The van der Waals surface area contributed by atoms with Gasteiger partial charge in [-0.05, 0) is 36.8 Å². The second-order valence-corrected chi connectivity index (χ2v) is 4.40. The van der Waals surface area contributed by atoms with Gasteiger partial charge in [0.05, 0.1) is 17.7 Å². The fraction of sp³-hybridized carbons (Fsp3) is 0.143. The first kappa shape index (κ1) is 13.4. The van der Waals surface area contributed by atoms with E-state index in [-0.39, 0.29) is 5.91 Å². The predicted octanol–water partition coefficient (Wildman–Crippen LogP) is 3.30. The monoisotopic (exact) mass is 276 g/mol. The van der Waals surface area contributed by atoms with Crippen LogP contribution in [0.1, 0.15) is 15.9 Å². The number of hydrogen-bond donors (Lipinski definition) is 1. The topological polar surface area (TPSA) is 51.2 Å². The van der Waals surface area contributed by atoms with Crippen molar-refractivity contribution in [3.63, 3.8) is 0 Å². The maximum atomic E-state index is 12.1. The third-order valence-corrected chi connectivity index (χ3v) is 2.99. The van der Waals surface area contributed by atoms with Crippen LogP contribution in [0.4, 0.5) is 5.69 Å². The van der Waals surface area contributed by atoms with Crippen LogP contribution in [0.5, 0.6) is 5.75 Å². The molecule has 1 aromatic carbocycles. The molecule has 0 aliphatic heterocycles. The number of nitrogens with one attached hydrogen (secondary N) is 1. The number of aryl methyl sites for hydroxylation is 1. The fourth-order valence-electron chi connectivity index (χ4n) is 1.64. The SMILES string of the molecule is COc1ccc(NC(=O)c2cnccc2C)cc1Cl. The molecule has 0 spiro atoms. The molecular weight excluding hydrogens is 264 g/mol. The Labute approximate surface area is 116 Å². The number of ether oxygens (including phenoxy) is 1. The van der Waals surface area contributed by atoms with Gasteiger partial charge < -0.3 is 10.1 Å². The van der Waals surface area contributed by atoms with Crippen LogP contribution >= 0.6 is 11.6 Å². The lowest BCUT2D eigenvalue weighted by molar-refractivity contribution is 0.102. The molecule has 2 rings (SSSR count). The van der Waals surface area contributed by atoms with Crippen molar-refractivity contribution in [1.82, 2.24) is 4.98 Å². The summed E-state index contributed by atoms with van der Waals surface area (Å²) in [6.45, 7) is 1.86. The van der Waals surface area contributed by atoms with Gasteiger partial charge in [0.2, 0.25) is 0 Å². The number of pyridine rings is 1. The molecule has 0 saturated carbocycles. The van der Waals surface area contributed by atoms with Crippen LogP contribution in [0.3, 0.4) is 0 Å². The number of benzene rings is 1. The van der Waals surface area contributed by atoms with Crippen molar-refractivity contribution >= 4 is 23.2 Å². The highest BCUT2D eigenvalue weighted by Gasteiger charge is 2.10. The fourth-order valence-corrected chi connectivity index (χ4v) is 1.90. The van der Waals surface area contributed by atoms with Crippen molar-refractivity contribution in [2.75, 3.05) is 12.4 Å². The molecule has 1 amide bonds. The lowest BCUT2D eigenvalue weighted by Gasteiger charge is -2.09. The molecule has 2 aromatic rings. The number of carbonyl (C=O) groups excluding carboxylic acids is 1. The molecule has 0 aliphatic rings. The summed E-state index contributed by atoms with van der Waals surface area (Å²) in [7, 11) is 1.54. The van der Waals surface area contributed by atoms with Crippen molar-refractivity contribution in [1.29, 1.82) is 0 Å². The van der Waals surface area contributed by atoms with E-state index < -0.39 is 0 Å². The molecule has 19 heavy (non-hydrogen) atoms. The van der Waals surface area contributed by atoms with Gasteiger partial charge in [0.1, 0.15) is 5.75 Å². The highest BCUT2D eigenvalue weighted by atomic mass is 35.5. The van der Waals surface area contributed by atoms with E-state index in [1.165, 1.54) is 6.20 Å². The molecule has 5 heteroatoms. The Bertz CT molecular complexity index is 614. The quantitative estimate of drug-likeness (QED) is 0.936. The zero-order valence-corrected chi connectivity index (χ0v) is 11.4. The van der Waals surface area contributed by atoms with Crippen LogP contribution in [-0.2, 0) is 0 Å². The molecule has 1 N–H and O–H groups in total. The number of halogens is 1. The molecule has 1 heterocycles. The van der Waals surface area contributed by atoms with Crippen molar-refractivity contribution in [3.8, 4) is 5.75 Å². The summed E-state index contributed by atoms with van der Waals surface area (Å²) in [5.41, 5.74) is 2.01. The predicted molar refractivity (Wildman–Crippen MR) is 74.9 cm³/mol. The van der Waals surface area contributed by atoms with Gasteiger partial charge in [-0.15, -0.1) is 0 Å². The Kier molecular flexibility index (Phi) is 4.02. The number of anilines is 1. The molecule has 0 saturated heterocycles. The van der Waals surface area contributed by atoms with Crippen LogP contribution in [0.15, 0.2) is 36.7 Å². The minimum Gasteiger partial charge on any atom is -0.495 e. The van der Waals surface area contributed by atoms with Crippen molar-refractivity contribution in [3.05, 3.63) is 52.8 Å². The Balaban J connectivity index is 2.20. The van der Waals surface area contributed by atoms with E-state index in [0.717, 1.165) is 5.56 Å². The number of hydrogen-bond acceptors (Lipinski definition) is 3. The molecule has 4 nitrogen and oxygen atoms in total. The van der Waals surface area contributed by atoms with E-state index in [9.17, 15) is 4.79 Å². The van der Waals surface area contributed by atoms with Gasteiger partial charge in [-0.2, -0.15) is 0 Å². The largest absolute Gasteiger partial charge is 0.495 e. The second kappa shape index (κ2) is 5.71. The average molecular weight is 277 g/mol. The normalized spacial score (nSPS) is 10.1. The summed E-state index contributed by atoms with van der Waals surface area (Å²) in [5, 5.41) is 3.22. The molecular formula is C14H13ClN2O2. The van der Waals surface area contributed by atoms with Crippen LogP contribution < -0.4 is 10.1 Å². The average Bonchev–Trinajstić information content (AvgIpc) is 2.39. The number of aromatic nitrogens is 1. The van der Waals surface area contributed by atoms with E-state index in [0.29, 0.717) is 22.0 Å². The molecule has 1 aromatic heterocycles. The van der Waals surface area contributed by atoms with E-state index in [4.69, 9.17) is 16.3 Å². The summed E-state index contributed by atoms with van der Waals surface area (Å²) in [6, 6.07) is 6.86.